The summed E-state index contributed by atoms with van der Waals surface area (Å²) in [4.78, 5) is 19.3. The fourth-order valence-corrected chi connectivity index (χ4v) is 4.82. The summed E-state index contributed by atoms with van der Waals surface area (Å²) in [6, 6.07) is 5.19. The number of aromatic nitrogens is 2. The van der Waals surface area contributed by atoms with Crippen molar-refractivity contribution in [1.29, 1.82) is 0 Å². The lowest BCUT2D eigenvalue weighted by molar-refractivity contribution is -0.126. The van der Waals surface area contributed by atoms with E-state index in [4.69, 9.17) is 27.7 Å². The summed E-state index contributed by atoms with van der Waals surface area (Å²) >= 11 is 12.2. The van der Waals surface area contributed by atoms with Crippen molar-refractivity contribution in [2.75, 3.05) is 19.6 Å². The van der Waals surface area contributed by atoms with Crippen molar-refractivity contribution in [3.05, 3.63) is 45.8 Å². The molecule has 31 heavy (non-hydrogen) atoms. The molecule has 1 aliphatic heterocycles. The van der Waals surface area contributed by atoms with Crippen LogP contribution in [-0.4, -0.2) is 40.6 Å². The number of nitrogens with one attached hydrogen (secondary N) is 1. The largest absolute Gasteiger partial charge is 0.356 e. The van der Waals surface area contributed by atoms with Gasteiger partial charge in [-0.25, -0.2) is 0 Å². The van der Waals surface area contributed by atoms with E-state index in [2.05, 4.69) is 26.4 Å². The maximum atomic E-state index is 12.7. The van der Waals surface area contributed by atoms with E-state index in [0.29, 0.717) is 40.4 Å². The fourth-order valence-electron chi connectivity index (χ4n) is 4.33. The number of amides is 1. The van der Waals surface area contributed by atoms with Crippen molar-refractivity contribution < 1.29 is 9.32 Å². The van der Waals surface area contributed by atoms with Crippen molar-refractivity contribution in [1.82, 2.24) is 20.4 Å². The third-order valence-electron chi connectivity index (χ3n) is 6.01. The van der Waals surface area contributed by atoms with E-state index in [9.17, 15) is 4.79 Å². The number of nitrogens with zero attached hydrogens (tertiary/aromatic N) is 3. The highest BCUT2D eigenvalue weighted by Crippen LogP contribution is 2.29. The Balaban J connectivity index is 1.28. The average Bonchev–Trinajstić information content (AvgIpc) is 3.22. The van der Waals surface area contributed by atoms with Crippen LogP contribution in [0.5, 0.6) is 0 Å². The molecule has 1 aliphatic carbocycles. The van der Waals surface area contributed by atoms with Gasteiger partial charge in [0.1, 0.15) is 0 Å². The molecule has 8 heteroatoms. The first kappa shape index (κ1) is 22.3. The van der Waals surface area contributed by atoms with Gasteiger partial charge in [-0.2, -0.15) is 4.98 Å². The zero-order chi connectivity index (χ0) is 21.6. The van der Waals surface area contributed by atoms with E-state index in [-0.39, 0.29) is 11.8 Å². The molecule has 0 spiro atoms. The number of carbonyl (C=O) groups excluding carboxylic acids is 1. The van der Waals surface area contributed by atoms with Gasteiger partial charge in [-0.15, -0.1) is 0 Å². The first-order valence-electron chi connectivity index (χ1n) is 11.0. The van der Waals surface area contributed by atoms with Crippen LogP contribution < -0.4 is 5.32 Å². The topological polar surface area (TPSA) is 71.3 Å². The highest BCUT2D eigenvalue weighted by atomic mass is 35.5. The number of likely N-dealkylation sites (tertiary alicyclic amines) is 1. The molecule has 1 N–H and O–H groups in total. The molecule has 166 valence electrons. The van der Waals surface area contributed by atoms with Gasteiger partial charge in [0.05, 0.1) is 17.5 Å². The van der Waals surface area contributed by atoms with Crippen molar-refractivity contribution in [3.63, 3.8) is 0 Å². The van der Waals surface area contributed by atoms with Crippen molar-refractivity contribution in [2.24, 2.45) is 5.92 Å². The second kappa shape index (κ2) is 10.6. The van der Waals surface area contributed by atoms with E-state index in [1.807, 2.05) is 0 Å². The molecule has 1 aromatic heterocycles. The molecule has 6 nitrogen and oxygen atoms in total. The Bertz CT molecular complexity index is 943. The Morgan fingerprint density at radius 3 is 2.97 bits per heavy atom. The Labute approximate surface area is 193 Å². The number of rotatable bonds is 7. The zero-order valence-corrected chi connectivity index (χ0v) is 19.1. The SMILES string of the molecule is O=C(NCCC1=CCCCC1)C1CCCN(Cc2nc(-c3ccc(Cl)cc3Cl)no2)C1. The minimum atomic E-state index is 0.00202. The standard InChI is InChI=1S/C23H28Cl2N4O2/c24-18-8-9-19(20(25)13-18)22-27-21(31-28-22)15-29-12-4-7-17(14-29)23(30)26-11-10-16-5-2-1-3-6-16/h5,8-9,13,17H,1-4,6-7,10-12,14-15H2,(H,26,30). The molecule has 0 bridgehead atoms. The summed E-state index contributed by atoms with van der Waals surface area (Å²) in [5.74, 6) is 1.12. The smallest absolute Gasteiger partial charge is 0.241 e. The molecular formula is C23H28Cl2N4O2. The average molecular weight is 463 g/mol. The summed E-state index contributed by atoms with van der Waals surface area (Å²) in [6.45, 7) is 2.87. The minimum absolute atomic E-state index is 0.00202. The van der Waals surface area contributed by atoms with Gasteiger partial charge in [0.15, 0.2) is 0 Å². The van der Waals surface area contributed by atoms with Crippen LogP contribution in [-0.2, 0) is 11.3 Å². The molecule has 1 atom stereocenters. The van der Waals surface area contributed by atoms with E-state index >= 15 is 0 Å². The van der Waals surface area contributed by atoms with Crippen molar-refractivity contribution in [2.45, 2.75) is 51.5 Å². The summed E-state index contributed by atoms with van der Waals surface area (Å²) in [5, 5.41) is 8.24. The molecule has 1 fully saturated rings. The number of carbonyl (C=O) groups is 1. The third-order valence-corrected chi connectivity index (χ3v) is 6.55. The molecule has 0 saturated carbocycles. The van der Waals surface area contributed by atoms with Crippen LogP contribution >= 0.6 is 23.2 Å². The highest BCUT2D eigenvalue weighted by Gasteiger charge is 2.27. The van der Waals surface area contributed by atoms with Gasteiger partial charge in [0, 0.05) is 23.7 Å². The maximum absolute atomic E-state index is 12.7. The van der Waals surface area contributed by atoms with Crippen molar-refractivity contribution >= 4 is 29.1 Å². The Hall–Kier alpha value is -1.89. The highest BCUT2D eigenvalue weighted by molar-refractivity contribution is 6.36. The number of hydrogen-bond acceptors (Lipinski definition) is 5. The predicted molar refractivity (Wildman–Crippen MR) is 122 cm³/mol. The van der Waals surface area contributed by atoms with E-state index < -0.39 is 0 Å². The molecule has 1 amide bonds. The number of piperidine rings is 1. The Kier molecular flexibility index (Phi) is 7.64. The van der Waals surface area contributed by atoms with Crippen molar-refractivity contribution in [3.8, 4) is 11.4 Å². The first-order chi connectivity index (χ1) is 15.1. The third kappa shape index (κ3) is 6.09. The molecular weight excluding hydrogens is 435 g/mol. The van der Waals surface area contributed by atoms with Crippen LogP contribution in [0.3, 0.4) is 0 Å². The van der Waals surface area contributed by atoms with Gasteiger partial charge in [-0.05, 0) is 69.7 Å². The van der Waals surface area contributed by atoms with Crippen LogP contribution in [0.15, 0.2) is 34.4 Å². The zero-order valence-electron chi connectivity index (χ0n) is 17.6. The van der Waals surface area contributed by atoms with Crippen LogP contribution in [0.1, 0.15) is 50.8 Å². The second-order valence-electron chi connectivity index (χ2n) is 8.36. The number of benzene rings is 1. The van der Waals surface area contributed by atoms with Crippen LogP contribution in [0, 0.1) is 5.92 Å². The quantitative estimate of drug-likeness (QED) is 0.567. The van der Waals surface area contributed by atoms with Gasteiger partial charge in [-0.1, -0.05) is 40.0 Å². The van der Waals surface area contributed by atoms with Crippen LogP contribution in [0.25, 0.3) is 11.4 Å². The Morgan fingerprint density at radius 2 is 2.16 bits per heavy atom. The number of halogens is 2. The summed E-state index contributed by atoms with van der Waals surface area (Å²) in [6.07, 6.45) is 10.1. The van der Waals surface area contributed by atoms with Gasteiger partial charge in [0.2, 0.25) is 17.6 Å². The molecule has 1 unspecified atom stereocenters. The Morgan fingerprint density at radius 1 is 1.26 bits per heavy atom. The maximum Gasteiger partial charge on any atom is 0.241 e. The molecule has 2 aliphatic rings. The molecule has 2 heterocycles. The second-order valence-corrected chi connectivity index (χ2v) is 9.20. The van der Waals surface area contributed by atoms with E-state index in [1.165, 1.54) is 31.3 Å². The molecule has 2 aromatic rings. The number of hydrogen-bond donors (Lipinski definition) is 1. The summed E-state index contributed by atoms with van der Waals surface area (Å²) in [5.41, 5.74) is 2.18. The number of allylic oxidation sites excluding steroid dienone is 1. The fraction of sp³-hybridized carbons (Fsp3) is 0.522. The van der Waals surface area contributed by atoms with Gasteiger partial charge in [-0.3, -0.25) is 9.69 Å². The van der Waals surface area contributed by atoms with Gasteiger partial charge in [0.25, 0.3) is 0 Å². The van der Waals surface area contributed by atoms with Crippen LogP contribution in [0.2, 0.25) is 10.0 Å². The first-order valence-corrected chi connectivity index (χ1v) is 11.8. The molecule has 1 aromatic carbocycles. The molecule has 0 radical (unpaired) electrons. The van der Waals surface area contributed by atoms with Gasteiger partial charge >= 0.3 is 0 Å². The van der Waals surface area contributed by atoms with Gasteiger partial charge < -0.3 is 9.84 Å². The van der Waals surface area contributed by atoms with E-state index in [1.54, 1.807) is 18.2 Å². The minimum Gasteiger partial charge on any atom is -0.356 e. The normalized spacial score (nSPS) is 19.8. The van der Waals surface area contributed by atoms with E-state index in [0.717, 1.165) is 32.4 Å². The lowest BCUT2D eigenvalue weighted by Crippen LogP contribution is -2.43. The summed E-state index contributed by atoms with van der Waals surface area (Å²) in [7, 11) is 0. The summed E-state index contributed by atoms with van der Waals surface area (Å²) < 4.78 is 5.43. The monoisotopic (exact) mass is 462 g/mol. The predicted octanol–water partition coefficient (Wildman–Crippen LogP) is 5.26. The lowest BCUT2D eigenvalue weighted by Gasteiger charge is -2.30. The molecule has 4 rings (SSSR count). The van der Waals surface area contributed by atoms with Crippen LogP contribution in [0.4, 0.5) is 0 Å². The molecule has 1 saturated heterocycles. The lowest BCUT2D eigenvalue weighted by atomic mass is 9.96.